The molecule has 0 saturated carbocycles. The Hall–Kier alpha value is -1.84. The van der Waals surface area contributed by atoms with Crippen LogP contribution in [0.4, 0.5) is 5.69 Å². The lowest BCUT2D eigenvalue weighted by Gasteiger charge is -2.21. The van der Waals surface area contributed by atoms with Crippen molar-refractivity contribution in [2.75, 3.05) is 11.4 Å². The number of hydrogen-bond donors (Lipinski definition) is 0. The van der Waals surface area contributed by atoms with E-state index in [1.165, 1.54) is 7.05 Å². The lowest BCUT2D eigenvalue weighted by atomic mass is 10.2. The number of halogens is 1. The number of para-hydroxylation sites is 1. The Labute approximate surface area is 132 Å². The molecule has 0 atom stereocenters. The third-order valence-corrected chi connectivity index (χ3v) is 5.56. The van der Waals surface area contributed by atoms with Gasteiger partial charge in [0.1, 0.15) is 6.07 Å². The Balaban J connectivity index is 2.59. The summed E-state index contributed by atoms with van der Waals surface area (Å²) in [6, 6.07) is 13.7. The normalized spacial score (nSPS) is 11.0. The molecule has 108 valence electrons. The predicted molar refractivity (Wildman–Crippen MR) is 85.6 cm³/mol. The molecule has 0 amide bonds. The highest BCUT2D eigenvalue weighted by Crippen LogP contribution is 2.28. The first kappa shape index (κ1) is 15.5. The zero-order valence-corrected chi connectivity index (χ0v) is 13.9. The average molecular weight is 365 g/mol. The largest absolute Gasteiger partial charge is 0.268 e. The van der Waals surface area contributed by atoms with Crippen molar-refractivity contribution in [2.24, 2.45) is 0 Å². The summed E-state index contributed by atoms with van der Waals surface area (Å²) < 4.78 is 27.4. The highest BCUT2D eigenvalue weighted by atomic mass is 79.9. The standard InChI is InChI=1S/C15H13BrN2O2S/c1-11-7-8-13(16)9-15(11)21(19,20)18(2)14-6-4-3-5-12(14)10-17/h3-9H,1-2H3. The van der Waals surface area contributed by atoms with Crippen molar-refractivity contribution < 1.29 is 8.42 Å². The summed E-state index contributed by atoms with van der Waals surface area (Å²) in [4.78, 5) is 0.215. The number of hydrogen-bond acceptors (Lipinski definition) is 3. The molecular weight excluding hydrogens is 352 g/mol. The number of anilines is 1. The SMILES string of the molecule is Cc1ccc(Br)cc1S(=O)(=O)N(C)c1ccccc1C#N. The summed E-state index contributed by atoms with van der Waals surface area (Å²) in [6.07, 6.45) is 0. The van der Waals surface area contributed by atoms with Crippen LogP contribution in [0.25, 0.3) is 0 Å². The van der Waals surface area contributed by atoms with Gasteiger partial charge < -0.3 is 0 Å². The smallest absolute Gasteiger partial charge is 0.264 e. The fourth-order valence-electron chi connectivity index (χ4n) is 1.97. The first-order chi connectivity index (χ1) is 9.87. The zero-order chi connectivity index (χ0) is 15.6. The quantitative estimate of drug-likeness (QED) is 0.837. The van der Waals surface area contributed by atoms with Crippen molar-refractivity contribution in [3.8, 4) is 6.07 Å². The van der Waals surface area contributed by atoms with Crippen molar-refractivity contribution in [1.82, 2.24) is 0 Å². The van der Waals surface area contributed by atoms with Crippen LogP contribution < -0.4 is 4.31 Å². The van der Waals surface area contributed by atoms with Gasteiger partial charge in [-0.25, -0.2) is 8.42 Å². The summed E-state index contributed by atoms with van der Waals surface area (Å²) in [5.41, 5.74) is 1.33. The Bertz CT molecular complexity index is 826. The van der Waals surface area contributed by atoms with Crippen LogP contribution in [0, 0.1) is 18.3 Å². The Kier molecular flexibility index (Phi) is 4.35. The van der Waals surface area contributed by atoms with Crippen molar-refractivity contribution in [3.63, 3.8) is 0 Å². The van der Waals surface area contributed by atoms with E-state index >= 15 is 0 Å². The molecule has 4 nitrogen and oxygen atoms in total. The van der Waals surface area contributed by atoms with Crippen LogP contribution in [0.15, 0.2) is 51.8 Å². The molecule has 0 bridgehead atoms. The van der Waals surface area contributed by atoms with Gasteiger partial charge in [-0.1, -0.05) is 34.1 Å². The molecule has 0 unspecified atom stereocenters. The van der Waals surface area contributed by atoms with Gasteiger partial charge in [0.05, 0.1) is 16.1 Å². The maximum absolute atomic E-state index is 12.8. The maximum atomic E-state index is 12.8. The van der Waals surface area contributed by atoms with E-state index in [9.17, 15) is 8.42 Å². The molecule has 2 aromatic rings. The van der Waals surface area contributed by atoms with Crippen molar-refractivity contribution >= 4 is 31.6 Å². The molecule has 2 rings (SSSR count). The van der Waals surface area contributed by atoms with Gasteiger partial charge in [0.25, 0.3) is 10.0 Å². The number of benzene rings is 2. The van der Waals surface area contributed by atoms with Crippen LogP contribution in [-0.4, -0.2) is 15.5 Å². The molecule has 2 aromatic carbocycles. The highest BCUT2D eigenvalue weighted by Gasteiger charge is 2.25. The lowest BCUT2D eigenvalue weighted by Crippen LogP contribution is -2.27. The van der Waals surface area contributed by atoms with Crippen LogP contribution in [0.1, 0.15) is 11.1 Å². The van der Waals surface area contributed by atoms with E-state index in [1.807, 2.05) is 6.07 Å². The summed E-state index contributed by atoms with van der Waals surface area (Å²) in [5, 5.41) is 9.12. The molecule has 0 aliphatic heterocycles. The van der Waals surface area contributed by atoms with Crippen molar-refractivity contribution in [2.45, 2.75) is 11.8 Å². The Morgan fingerprint density at radius 2 is 1.86 bits per heavy atom. The molecule has 0 aromatic heterocycles. The Morgan fingerprint density at radius 3 is 2.52 bits per heavy atom. The second kappa shape index (κ2) is 5.88. The number of aryl methyl sites for hydroxylation is 1. The number of nitrogens with zero attached hydrogens (tertiary/aromatic N) is 2. The molecule has 6 heteroatoms. The number of rotatable bonds is 3. The van der Waals surface area contributed by atoms with E-state index in [-0.39, 0.29) is 4.90 Å². The first-order valence-electron chi connectivity index (χ1n) is 6.12. The van der Waals surface area contributed by atoms with E-state index in [0.717, 1.165) is 4.31 Å². The third kappa shape index (κ3) is 2.94. The minimum atomic E-state index is -3.73. The second-order valence-corrected chi connectivity index (χ2v) is 7.36. The monoisotopic (exact) mass is 364 g/mol. The molecule has 21 heavy (non-hydrogen) atoms. The fourth-order valence-corrected chi connectivity index (χ4v) is 3.95. The summed E-state index contributed by atoms with van der Waals surface area (Å²) in [7, 11) is -2.28. The zero-order valence-electron chi connectivity index (χ0n) is 11.5. The predicted octanol–water partition coefficient (Wildman–Crippen LogP) is 3.45. The van der Waals surface area contributed by atoms with Gasteiger partial charge in [-0.2, -0.15) is 5.26 Å². The van der Waals surface area contributed by atoms with E-state index < -0.39 is 10.0 Å². The average Bonchev–Trinajstić information content (AvgIpc) is 2.48. The van der Waals surface area contributed by atoms with Crippen LogP contribution >= 0.6 is 15.9 Å². The lowest BCUT2D eigenvalue weighted by molar-refractivity contribution is 0.593. The summed E-state index contributed by atoms with van der Waals surface area (Å²) in [6.45, 7) is 1.74. The van der Waals surface area contributed by atoms with Crippen LogP contribution in [-0.2, 0) is 10.0 Å². The molecule has 0 radical (unpaired) electrons. The molecule has 0 aliphatic rings. The molecule has 0 saturated heterocycles. The molecule has 0 heterocycles. The molecular formula is C15H13BrN2O2S. The third-order valence-electron chi connectivity index (χ3n) is 3.15. The molecule has 0 aliphatic carbocycles. The summed E-state index contributed by atoms with van der Waals surface area (Å²) >= 11 is 3.29. The number of nitriles is 1. The van der Waals surface area contributed by atoms with Crippen molar-refractivity contribution in [1.29, 1.82) is 5.26 Å². The minimum absolute atomic E-state index is 0.215. The van der Waals surface area contributed by atoms with Crippen LogP contribution in [0.2, 0.25) is 0 Å². The van der Waals surface area contributed by atoms with E-state index in [1.54, 1.807) is 49.4 Å². The van der Waals surface area contributed by atoms with Gasteiger partial charge in [0, 0.05) is 11.5 Å². The topological polar surface area (TPSA) is 61.2 Å². The molecule has 0 N–H and O–H groups in total. The Morgan fingerprint density at radius 1 is 1.19 bits per heavy atom. The van der Waals surface area contributed by atoms with Gasteiger partial charge in [0.2, 0.25) is 0 Å². The van der Waals surface area contributed by atoms with Gasteiger partial charge in [-0.05, 0) is 36.8 Å². The van der Waals surface area contributed by atoms with E-state index in [4.69, 9.17) is 5.26 Å². The first-order valence-corrected chi connectivity index (χ1v) is 8.35. The van der Waals surface area contributed by atoms with Gasteiger partial charge in [-0.15, -0.1) is 0 Å². The molecule has 0 fully saturated rings. The highest BCUT2D eigenvalue weighted by molar-refractivity contribution is 9.10. The van der Waals surface area contributed by atoms with Gasteiger partial charge in [0.15, 0.2) is 0 Å². The van der Waals surface area contributed by atoms with Gasteiger partial charge >= 0.3 is 0 Å². The fraction of sp³-hybridized carbons (Fsp3) is 0.133. The summed E-state index contributed by atoms with van der Waals surface area (Å²) in [5.74, 6) is 0. The maximum Gasteiger partial charge on any atom is 0.264 e. The van der Waals surface area contributed by atoms with E-state index in [0.29, 0.717) is 21.3 Å². The minimum Gasteiger partial charge on any atom is -0.268 e. The van der Waals surface area contributed by atoms with Gasteiger partial charge in [-0.3, -0.25) is 4.31 Å². The van der Waals surface area contributed by atoms with Crippen LogP contribution in [0.5, 0.6) is 0 Å². The van der Waals surface area contributed by atoms with Crippen LogP contribution in [0.3, 0.4) is 0 Å². The molecule has 0 spiro atoms. The second-order valence-electron chi connectivity index (χ2n) is 4.51. The number of sulfonamides is 1. The van der Waals surface area contributed by atoms with Crippen molar-refractivity contribution in [3.05, 3.63) is 58.1 Å². The van der Waals surface area contributed by atoms with E-state index in [2.05, 4.69) is 15.9 Å².